The molecule has 0 spiro atoms. The fraction of sp³-hybridized carbons (Fsp3) is 0.100. The van der Waals surface area contributed by atoms with Gasteiger partial charge in [-0.3, -0.25) is 0 Å². The van der Waals surface area contributed by atoms with Crippen molar-refractivity contribution in [1.82, 2.24) is 0 Å². The van der Waals surface area contributed by atoms with Gasteiger partial charge in [-0.1, -0.05) is 23.5 Å². The zero-order chi connectivity index (χ0) is 10.5. The van der Waals surface area contributed by atoms with Crippen molar-refractivity contribution in [3.8, 4) is 5.75 Å². The molecule has 0 atom stereocenters. The summed E-state index contributed by atoms with van der Waals surface area (Å²) >= 11 is 1.64. The summed E-state index contributed by atoms with van der Waals surface area (Å²) < 4.78 is 7.07. The van der Waals surface area contributed by atoms with Crippen molar-refractivity contribution < 1.29 is 14.2 Å². The number of hydrogen-bond acceptors (Lipinski definition) is 3. The van der Waals surface area contributed by atoms with E-state index in [4.69, 9.17) is 9.68 Å². The van der Waals surface area contributed by atoms with E-state index in [9.17, 15) is 0 Å². The van der Waals surface area contributed by atoms with Gasteiger partial charge in [-0.15, -0.1) is 0 Å². The summed E-state index contributed by atoms with van der Waals surface area (Å²) in [5, 5.41) is 10.6. The molecule has 15 heavy (non-hydrogen) atoms. The first-order chi connectivity index (χ1) is 7.40. The van der Waals surface area contributed by atoms with Crippen LogP contribution in [0.2, 0.25) is 0 Å². The van der Waals surface area contributed by atoms with Gasteiger partial charge in [0.15, 0.2) is 12.7 Å². The molecule has 0 amide bonds. The van der Waals surface area contributed by atoms with Crippen molar-refractivity contribution >= 4 is 19.0 Å². The van der Waals surface area contributed by atoms with Gasteiger partial charge in [0.2, 0.25) is 5.51 Å². The molecule has 1 radical (unpaired) electrons. The standard InChI is InChI=1S/C10H10BNO2S/c13-11-14-10-4-2-1-3-9(10)7-12-5-6-15-8-12/h1-6,8,13H,7H2/q+1. The van der Waals surface area contributed by atoms with E-state index in [1.807, 2.05) is 41.4 Å². The quantitative estimate of drug-likeness (QED) is 0.614. The minimum absolute atomic E-state index is 0.679. The molecule has 0 unspecified atom stereocenters. The highest BCUT2D eigenvalue weighted by Crippen LogP contribution is 2.16. The Balaban J connectivity index is 2.20. The SMILES string of the molecule is O[B]Oc1ccccc1C[n+]1ccsc1. The Labute approximate surface area is 92.9 Å². The highest BCUT2D eigenvalue weighted by atomic mass is 32.1. The largest absolute Gasteiger partial charge is 0.569 e. The Hall–Kier alpha value is -1.33. The number of aromatic nitrogens is 1. The maximum atomic E-state index is 8.62. The van der Waals surface area contributed by atoms with Crippen molar-refractivity contribution in [3.63, 3.8) is 0 Å². The van der Waals surface area contributed by atoms with E-state index >= 15 is 0 Å². The van der Waals surface area contributed by atoms with Crippen LogP contribution in [0.1, 0.15) is 5.56 Å². The third kappa shape index (κ3) is 2.58. The molecule has 0 aliphatic heterocycles. The van der Waals surface area contributed by atoms with Crippen LogP contribution in [0.3, 0.4) is 0 Å². The van der Waals surface area contributed by atoms with Crippen LogP contribution in [0, 0.1) is 0 Å². The second-order valence-electron chi connectivity index (χ2n) is 3.03. The van der Waals surface area contributed by atoms with E-state index in [1.54, 1.807) is 11.3 Å². The summed E-state index contributed by atoms with van der Waals surface area (Å²) in [6.45, 7) is 0.744. The maximum Gasteiger partial charge on any atom is 0.569 e. The van der Waals surface area contributed by atoms with E-state index in [0.29, 0.717) is 13.4 Å². The first-order valence-electron chi connectivity index (χ1n) is 4.52. The summed E-state index contributed by atoms with van der Waals surface area (Å²) in [5.41, 5.74) is 3.06. The Bertz CT molecular complexity index is 419. The second kappa shape index (κ2) is 4.95. The van der Waals surface area contributed by atoms with Crippen LogP contribution >= 0.6 is 11.3 Å². The fourth-order valence-electron chi connectivity index (χ4n) is 1.35. The lowest BCUT2D eigenvalue weighted by Crippen LogP contribution is -2.30. The molecule has 1 N–H and O–H groups in total. The smallest absolute Gasteiger partial charge is 0.537 e. The Morgan fingerprint density at radius 3 is 3.00 bits per heavy atom. The van der Waals surface area contributed by atoms with E-state index in [-0.39, 0.29) is 0 Å². The first kappa shape index (κ1) is 10.2. The Morgan fingerprint density at radius 1 is 1.40 bits per heavy atom. The van der Waals surface area contributed by atoms with Gasteiger partial charge in [0.25, 0.3) is 0 Å². The van der Waals surface area contributed by atoms with Crippen molar-refractivity contribution in [2.75, 3.05) is 0 Å². The van der Waals surface area contributed by atoms with Crippen LogP contribution in [-0.2, 0) is 6.54 Å². The number of hydrogen-bond donors (Lipinski definition) is 1. The lowest BCUT2D eigenvalue weighted by atomic mass is 10.2. The van der Waals surface area contributed by atoms with Crippen LogP contribution in [0.4, 0.5) is 0 Å². The molecule has 2 aromatic rings. The van der Waals surface area contributed by atoms with Gasteiger partial charge in [0, 0.05) is 0 Å². The van der Waals surface area contributed by atoms with Gasteiger partial charge in [0.1, 0.15) is 5.75 Å². The Morgan fingerprint density at radius 2 is 2.27 bits per heavy atom. The topological polar surface area (TPSA) is 33.3 Å². The summed E-state index contributed by atoms with van der Waals surface area (Å²) in [6.07, 6.45) is 2.00. The molecule has 75 valence electrons. The minimum atomic E-state index is 0.679. The number of benzene rings is 1. The average molecular weight is 219 g/mol. The van der Waals surface area contributed by atoms with Gasteiger partial charge >= 0.3 is 7.69 Å². The van der Waals surface area contributed by atoms with Crippen molar-refractivity contribution in [2.24, 2.45) is 0 Å². The van der Waals surface area contributed by atoms with Crippen molar-refractivity contribution in [3.05, 3.63) is 46.9 Å². The van der Waals surface area contributed by atoms with Crippen LogP contribution in [0.25, 0.3) is 0 Å². The third-order valence-corrected chi connectivity index (χ3v) is 2.70. The molecule has 0 saturated carbocycles. The molecule has 1 heterocycles. The molecule has 1 aromatic carbocycles. The van der Waals surface area contributed by atoms with Crippen molar-refractivity contribution in [1.29, 1.82) is 0 Å². The van der Waals surface area contributed by atoms with E-state index < -0.39 is 0 Å². The predicted molar refractivity (Wildman–Crippen MR) is 58.7 cm³/mol. The highest BCUT2D eigenvalue weighted by molar-refractivity contribution is 7.07. The van der Waals surface area contributed by atoms with E-state index in [2.05, 4.69) is 4.57 Å². The number of nitrogens with zero attached hydrogens (tertiary/aromatic N) is 1. The molecule has 0 aliphatic carbocycles. The summed E-state index contributed by atoms with van der Waals surface area (Å²) in [4.78, 5) is 0. The molecule has 0 fully saturated rings. The number of para-hydroxylation sites is 1. The van der Waals surface area contributed by atoms with E-state index in [0.717, 1.165) is 12.1 Å². The summed E-state index contributed by atoms with van der Waals surface area (Å²) in [5.74, 6) is 0.679. The first-order valence-corrected chi connectivity index (χ1v) is 5.46. The molecule has 0 aliphatic rings. The average Bonchev–Trinajstić information content (AvgIpc) is 2.74. The lowest BCUT2D eigenvalue weighted by molar-refractivity contribution is -0.683. The zero-order valence-electron chi connectivity index (χ0n) is 8.04. The highest BCUT2D eigenvalue weighted by Gasteiger charge is 2.08. The van der Waals surface area contributed by atoms with Gasteiger partial charge in [-0.2, -0.15) is 4.57 Å². The third-order valence-electron chi connectivity index (χ3n) is 2.03. The normalized spacial score (nSPS) is 9.93. The molecule has 1 aromatic heterocycles. The molecular formula is C10H10BNO2S+. The molecule has 5 heteroatoms. The molecular weight excluding hydrogens is 209 g/mol. The molecule has 2 rings (SSSR count). The lowest BCUT2D eigenvalue weighted by Gasteiger charge is -2.05. The fourth-order valence-corrected chi connectivity index (χ4v) is 1.95. The van der Waals surface area contributed by atoms with Gasteiger partial charge in [-0.05, 0) is 12.1 Å². The van der Waals surface area contributed by atoms with Crippen LogP contribution in [0.5, 0.6) is 5.75 Å². The molecule has 3 nitrogen and oxygen atoms in total. The van der Waals surface area contributed by atoms with E-state index in [1.165, 1.54) is 0 Å². The predicted octanol–water partition coefficient (Wildman–Crippen LogP) is 0.989. The monoisotopic (exact) mass is 219 g/mol. The number of thiazole rings is 1. The Kier molecular flexibility index (Phi) is 3.37. The van der Waals surface area contributed by atoms with Gasteiger partial charge < -0.3 is 9.68 Å². The van der Waals surface area contributed by atoms with Crippen LogP contribution in [0.15, 0.2) is 41.4 Å². The van der Waals surface area contributed by atoms with Crippen molar-refractivity contribution in [2.45, 2.75) is 6.54 Å². The molecule has 0 saturated heterocycles. The molecule has 0 bridgehead atoms. The number of rotatable bonds is 4. The summed E-state index contributed by atoms with van der Waals surface area (Å²) in [7, 11) is 0.705. The maximum absolute atomic E-state index is 8.62. The summed E-state index contributed by atoms with van der Waals surface area (Å²) in [6, 6.07) is 7.63. The minimum Gasteiger partial charge on any atom is -0.537 e. The second-order valence-corrected chi connectivity index (χ2v) is 3.79. The van der Waals surface area contributed by atoms with Gasteiger partial charge in [0.05, 0.1) is 10.9 Å². The van der Waals surface area contributed by atoms with Gasteiger partial charge in [-0.25, -0.2) is 0 Å². The van der Waals surface area contributed by atoms with Crippen LogP contribution < -0.4 is 9.22 Å². The zero-order valence-corrected chi connectivity index (χ0v) is 8.85. The van der Waals surface area contributed by atoms with Crippen LogP contribution in [-0.4, -0.2) is 12.7 Å².